The summed E-state index contributed by atoms with van der Waals surface area (Å²) in [6.07, 6.45) is 0. The van der Waals surface area contributed by atoms with Crippen LogP contribution in [0.25, 0.3) is 0 Å². The molecule has 0 aliphatic carbocycles. The lowest BCUT2D eigenvalue weighted by molar-refractivity contribution is 0.0161. The number of hydrogen-bond acceptors (Lipinski definition) is 4. The van der Waals surface area contributed by atoms with E-state index in [4.69, 9.17) is 9.47 Å². The molecule has 1 N–H and O–H groups in total. The number of halogens is 2. The van der Waals surface area contributed by atoms with Crippen molar-refractivity contribution >= 4 is 15.9 Å². The smallest absolute Gasteiger partial charge is 0.133 e. The Morgan fingerprint density at radius 1 is 1.19 bits per heavy atom. The highest BCUT2D eigenvalue weighted by Crippen LogP contribution is 2.26. The Kier molecular flexibility index (Phi) is 7.02. The molecule has 1 heterocycles. The Labute approximate surface area is 162 Å². The van der Waals surface area contributed by atoms with Gasteiger partial charge in [0.1, 0.15) is 11.6 Å². The average molecular weight is 423 g/mol. The van der Waals surface area contributed by atoms with Crippen molar-refractivity contribution in [2.24, 2.45) is 0 Å². The Balaban J connectivity index is 1.65. The first kappa shape index (κ1) is 19.3. The van der Waals surface area contributed by atoms with Gasteiger partial charge in [-0.1, -0.05) is 18.2 Å². The van der Waals surface area contributed by atoms with Gasteiger partial charge in [-0.15, -0.1) is 0 Å². The maximum atomic E-state index is 13.3. The van der Waals surface area contributed by atoms with Gasteiger partial charge in [-0.3, -0.25) is 4.90 Å². The maximum Gasteiger partial charge on any atom is 0.133 e. The lowest BCUT2D eigenvalue weighted by Gasteiger charge is -2.35. The van der Waals surface area contributed by atoms with E-state index in [1.807, 2.05) is 18.2 Å². The Bertz CT molecular complexity index is 705. The maximum absolute atomic E-state index is 13.3. The third-order valence-electron chi connectivity index (χ3n) is 4.62. The van der Waals surface area contributed by atoms with Crippen molar-refractivity contribution in [1.82, 2.24) is 10.2 Å². The summed E-state index contributed by atoms with van der Waals surface area (Å²) in [6, 6.07) is 13.1. The summed E-state index contributed by atoms with van der Waals surface area (Å²) in [4.78, 5) is 2.40. The van der Waals surface area contributed by atoms with Crippen LogP contribution in [0.1, 0.15) is 17.2 Å². The summed E-state index contributed by atoms with van der Waals surface area (Å²) in [5.74, 6) is 0.622. The fourth-order valence-corrected chi connectivity index (χ4v) is 3.79. The van der Waals surface area contributed by atoms with Crippen molar-refractivity contribution in [2.45, 2.75) is 12.6 Å². The number of morpholine rings is 1. The van der Waals surface area contributed by atoms with E-state index in [2.05, 4.69) is 38.3 Å². The molecule has 0 spiro atoms. The van der Waals surface area contributed by atoms with Crippen molar-refractivity contribution in [3.8, 4) is 5.75 Å². The number of rotatable bonds is 7. The standard InChI is InChI=1S/C20H24BrFN2O2/c1-25-20-7-2-15(12-18(20)21)13-23-14-19(24-8-10-26-11-9-24)16-3-5-17(22)6-4-16/h2-7,12,19,23H,8-11,13-14H2,1H3/t19-/m0/s1. The van der Waals surface area contributed by atoms with E-state index < -0.39 is 0 Å². The van der Waals surface area contributed by atoms with Crippen molar-refractivity contribution in [3.63, 3.8) is 0 Å². The van der Waals surface area contributed by atoms with Crippen LogP contribution >= 0.6 is 15.9 Å². The molecule has 140 valence electrons. The largest absolute Gasteiger partial charge is 0.496 e. The van der Waals surface area contributed by atoms with Gasteiger partial charge in [-0.25, -0.2) is 4.39 Å². The molecule has 1 saturated heterocycles. The second-order valence-corrected chi connectivity index (χ2v) is 7.17. The molecule has 0 unspecified atom stereocenters. The summed E-state index contributed by atoms with van der Waals surface area (Å²) in [6.45, 7) is 4.79. The Morgan fingerprint density at radius 3 is 2.58 bits per heavy atom. The molecule has 0 amide bonds. The predicted octanol–water partition coefficient (Wildman–Crippen LogP) is 3.76. The molecule has 4 nitrogen and oxygen atoms in total. The van der Waals surface area contributed by atoms with Gasteiger partial charge < -0.3 is 14.8 Å². The second kappa shape index (κ2) is 9.46. The van der Waals surface area contributed by atoms with Gasteiger partial charge in [0.05, 0.1) is 24.8 Å². The number of methoxy groups -OCH3 is 1. The molecule has 2 aromatic rings. The predicted molar refractivity (Wildman–Crippen MR) is 104 cm³/mol. The number of hydrogen-bond donors (Lipinski definition) is 1. The third-order valence-corrected chi connectivity index (χ3v) is 5.24. The number of benzene rings is 2. The monoisotopic (exact) mass is 422 g/mol. The van der Waals surface area contributed by atoms with Crippen LogP contribution in [0.5, 0.6) is 5.75 Å². The quantitative estimate of drug-likeness (QED) is 0.736. The lowest BCUT2D eigenvalue weighted by atomic mass is 10.0. The first-order chi connectivity index (χ1) is 12.7. The highest BCUT2D eigenvalue weighted by molar-refractivity contribution is 9.10. The molecule has 1 fully saturated rings. The average Bonchev–Trinajstić information content (AvgIpc) is 2.67. The fraction of sp³-hybridized carbons (Fsp3) is 0.400. The molecule has 1 atom stereocenters. The molecule has 1 aliphatic rings. The number of nitrogens with one attached hydrogen (secondary N) is 1. The Hall–Kier alpha value is -1.47. The van der Waals surface area contributed by atoms with Crippen LogP contribution in [0.3, 0.4) is 0 Å². The third kappa shape index (κ3) is 5.04. The molecule has 2 aromatic carbocycles. The summed E-state index contributed by atoms with van der Waals surface area (Å²) >= 11 is 3.52. The van der Waals surface area contributed by atoms with Gasteiger partial charge in [0.25, 0.3) is 0 Å². The van der Waals surface area contributed by atoms with Crippen molar-refractivity contribution in [1.29, 1.82) is 0 Å². The first-order valence-electron chi connectivity index (χ1n) is 8.78. The van der Waals surface area contributed by atoms with Crippen molar-refractivity contribution in [2.75, 3.05) is 40.0 Å². The van der Waals surface area contributed by atoms with E-state index in [-0.39, 0.29) is 11.9 Å². The molecule has 0 bridgehead atoms. The van der Waals surface area contributed by atoms with Gasteiger partial charge in [0, 0.05) is 32.2 Å². The van der Waals surface area contributed by atoms with Crippen LogP contribution in [0.15, 0.2) is 46.9 Å². The molecule has 1 aliphatic heterocycles. The summed E-state index contributed by atoms with van der Waals surface area (Å²) in [5, 5.41) is 3.54. The van der Waals surface area contributed by atoms with Crippen LogP contribution in [0, 0.1) is 5.82 Å². The SMILES string of the molecule is COc1ccc(CNC[C@@H](c2ccc(F)cc2)N2CCOCC2)cc1Br. The number of nitrogens with zero attached hydrogens (tertiary/aromatic N) is 1. The van der Waals surface area contributed by atoms with Gasteiger partial charge in [0.2, 0.25) is 0 Å². The minimum absolute atomic E-state index is 0.196. The first-order valence-corrected chi connectivity index (χ1v) is 9.57. The van der Waals surface area contributed by atoms with Gasteiger partial charge in [-0.2, -0.15) is 0 Å². The van der Waals surface area contributed by atoms with E-state index in [0.29, 0.717) is 0 Å². The van der Waals surface area contributed by atoms with E-state index in [9.17, 15) is 4.39 Å². The van der Waals surface area contributed by atoms with E-state index >= 15 is 0 Å². The topological polar surface area (TPSA) is 33.7 Å². The fourth-order valence-electron chi connectivity index (χ4n) is 3.20. The van der Waals surface area contributed by atoms with E-state index in [1.165, 1.54) is 17.7 Å². The van der Waals surface area contributed by atoms with Crippen LogP contribution in [0.4, 0.5) is 4.39 Å². The molecule has 6 heteroatoms. The molecule has 0 saturated carbocycles. The van der Waals surface area contributed by atoms with Crippen LogP contribution < -0.4 is 10.1 Å². The summed E-state index contributed by atoms with van der Waals surface area (Å²) in [7, 11) is 1.66. The molecule has 3 rings (SSSR count). The molecule has 0 aromatic heterocycles. The van der Waals surface area contributed by atoms with E-state index in [0.717, 1.165) is 55.2 Å². The zero-order valence-corrected chi connectivity index (χ0v) is 16.5. The summed E-state index contributed by atoms with van der Waals surface area (Å²) < 4.78 is 25.0. The zero-order chi connectivity index (χ0) is 18.4. The van der Waals surface area contributed by atoms with Crippen LogP contribution in [-0.2, 0) is 11.3 Å². The Morgan fingerprint density at radius 2 is 1.92 bits per heavy atom. The highest BCUT2D eigenvalue weighted by Gasteiger charge is 2.22. The number of ether oxygens (including phenoxy) is 2. The minimum atomic E-state index is -0.203. The van der Waals surface area contributed by atoms with Crippen molar-refractivity contribution < 1.29 is 13.9 Å². The molecule has 0 radical (unpaired) electrons. The van der Waals surface area contributed by atoms with Gasteiger partial charge >= 0.3 is 0 Å². The minimum Gasteiger partial charge on any atom is -0.496 e. The van der Waals surface area contributed by atoms with Crippen molar-refractivity contribution in [3.05, 3.63) is 63.9 Å². The molecular formula is C20H24BrFN2O2. The lowest BCUT2D eigenvalue weighted by Crippen LogP contribution is -2.42. The normalized spacial score (nSPS) is 16.4. The van der Waals surface area contributed by atoms with Gasteiger partial charge in [-0.05, 0) is 51.3 Å². The van der Waals surface area contributed by atoms with Crippen LogP contribution in [0.2, 0.25) is 0 Å². The van der Waals surface area contributed by atoms with Crippen LogP contribution in [-0.4, -0.2) is 44.9 Å². The highest BCUT2D eigenvalue weighted by atomic mass is 79.9. The zero-order valence-electron chi connectivity index (χ0n) is 14.9. The molecular weight excluding hydrogens is 399 g/mol. The second-order valence-electron chi connectivity index (χ2n) is 6.32. The van der Waals surface area contributed by atoms with Gasteiger partial charge in [0.15, 0.2) is 0 Å². The summed E-state index contributed by atoms with van der Waals surface area (Å²) in [5.41, 5.74) is 2.30. The molecule has 26 heavy (non-hydrogen) atoms. The van der Waals surface area contributed by atoms with E-state index in [1.54, 1.807) is 7.11 Å².